The predicted molar refractivity (Wildman–Crippen MR) is 173 cm³/mol. The molecule has 0 aliphatic rings. The third-order valence-electron chi connectivity index (χ3n) is 6.30. The lowest BCUT2D eigenvalue weighted by Gasteiger charge is -2.27. The molecule has 4 rings (SSSR count). The number of aromatic hydroxyl groups is 1. The number of aromatic nitrogens is 1. The summed E-state index contributed by atoms with van der Waals surface area (Å²) < 4.78 is 11.9. The van der Waals surface area contributed by atoms with Gasteiger partial charge in [-0.05, 0) is 78.3 Å². The first-order valence-corrected chi connectivity index (χ1v) is 15.1. The number of ether oxygens (including phenoxy) is 2. The summed E-state index contributed by atoms with van der Waals surface area (Å²) in [4.78, 5) is 43.3. The second kappa shape index (κ2) is 13.9. The Balaban J connectivity index is 1.64. The summed E-state index contributed by atoms with van der Waals surface area (Å²) in [6.45, 7) is 5.06. The molecule has 12 heteroatoms. The van der Waals surface area contributed by atoms with Crippen LogP contribution in [-0.4, -0.2) is 39.7 Å². The molecule has 0 radical (unpaired) electrons. The fourth-order valence-electron chi connectivity index (χ4n) is 4.31. The summed E-state index contributed by atoms with van der Waals surface area (Å²) in [6, 6.07) is 15.0. The predicted octanol–water partition coefficient (Wildman–Crippen LogP) is 6.82. The number of phenols is 1. The number of alkyl carbamates (subject to hydrolysis) is 1. The van der Waals surface area contributed by atoms with Gasteiger partial charge in [0, 0.05) is 21.6 Å². The van der Waals surface area contributed by atoms with Crippen LogP contribution in [0.1, 0.15) is 43.5 Å². The van der Waals surface area contributed by atoms with Crippen LogP contribution in [0.25, 0.3) is 10.9 Å². The van der Waals surface area contributed by atoms with Crippen molar-refractivity contribution in [3.63, 3.8) is 0 Å². The summed E-state index contributed by atoms with van der Waals surface area (Å²) in [6.07, 6.45) is 1.03. The Hall–Kier alpha value is -3.48. The Morgan fingerprint density at radius 1 is 1.00 bits per heavy atom. The number of fused-ring (bicyclic) bond motifs is 1. The number of H-pyrrole nitrogens is 1. The molecule has 0 aliphatic heterocycles. The van der Waals surface area contributed by atoms with Gasteiger partial charge in [-0.3, -0.25) is 4.79 Å². The zero-order valence-electron chi connectivity index (χ0n) is 23.5. The molecule has 43 heavy (non-hydrogen) atoms. The van der Waals surface area contributed by atoms with Crippen molar-refractivity contribution in [2.45, 2.75) is 51.5 Å². The van der Waals surface area contributed by atoms with E-state index < -0.39 is 35.7 Å². The number of hydrogen-bond acceptors (Lipinski definition) is 6. The number of hydrogen-bond donors (Lipinski definition) is 4. The van der Waals surface area contributed by atoms with Crippen molar-refractivity contribution in [3.05, 3.63) is 97.2 Å². The maximum Gasteiger partial charge on any atom is 0.408 e. The molecule has 0 spiro atoms. The molecule has 0 saturated heterocycles. The molecule has 1 heterocycles. The largest absolute Gasteiger partial charge is 0.505 e. The average Bonchev–Trinajstić information content (AvgIpc) is 3.36. The highest BCUT2D eigenvalue weighted by atomic mass is 127. The highest BCUT2D eigenvalue weighted by Crippen LogP contribution is 2.35. The number of amides is 2. The number of aromatic amines is 1. The van der Waals surface area contributed by atoms with E-state index in [-0.39, 0.29) is 34.4 Å². The summed E-state index contributed by atoms with van der Waals surface area (Å²) in [5.41, 5.74) is 1.73. The van der Waals surface area contributed by atoms with Crippen molar-refractivity contribution in [2.75, 3.05) is 0 Å². The van der Waals surface area contributed by atoms with Crippen LogP contribution < -0.4 is 10.6 Å². The second-order valence-corrected chi connectivity index (χ2v) is 12.7. The molecule has 0 unspecified atom stereocenters. The van der Waals surface area contributed by atoms with Crippen molar-refractivity contribution in [2.24, 2.45) is 0 Å². The maximum atomic E-state index is 13.9. The third-order valence-corrected chi connectivity index (χ3v) is 7.77. The van der Waals surface area contributed by atoms with Gasteiger partial charge >= 0.3 is 12.1 Å². The highest BCUT2D eigenvalue weighted by Gasteiger charge is 2.33. The number of nitrogens with one attached hydrogen (secondary N) is 3. The van der Waals surface area contributed by atoms with Gasteiger partial charge < -0.3 is 30.2 Å². The molecule has 0 bridgehead atoms. The Kier molecular flexibility index (Phi) is 10.5. The van der Waals surface area contributed by atoms with Gasteiger partial charge in [-0.2, -0.15) is 0 Å². The Morgan fingerprint density at radius 3 is 2.33 bits per heavy atom. The summed E-state index contributed by atoms with van der Waals surface area (Å²) in [5, 5.41) is 16.0. The van der Waals surface area contributed by atoms with E-state index in [2.05, 4.69) is 38.2 Å². The number of carbonyl (C=O) groups excluding carboxylic acids is 3. The second-order valence-electron chi connectivity index (χ2n) is 10.7. The topological polar surface area (TPSA) is 130 Å². The van der Waals surface area contributed by atoms with Crippen molar-refractivity contribution in [3.8, 4) is 5.75 Å². The van der Waals surface area contributed by atoms with E-state index >= 15 is 0 Å². The van der Waals surface area contributed by atoms with Crippen LogP contribution in [-0.2, 0) is 32.1 Å². The number of para-hydroxylation sites is 1. The minimum atomic E-state index is -1.36. The number of halogens is 3. The van der Waals surface area contributed by atoms with E-state index in [0.29, 0.717) is 0 Å². The van der Waals surface area contributed by atoms with Gasteiger partial charge in [-0.1, -0.05) is 65.7 Å². The third kappa shape index (κ3) is 8.55. The number of benzene rings is 3. The number of phenolic OH excluding ortho intramolecular Hbond substituents is 1. The minimum Gasteiger partial charge on any atom is -0.505 e. The standard InChI is InChI=1S/C31H30Cl2IN3O6/c1-31(2,3)43-29(40)25(18-12-21(32)27(38)22(33)13-18)37-28(39)24(36-30(41)42-16-17-8-5-4-6-9-17)14-19-15-35-26-20(19)10-7-11-23(26)34/h4-13,15,24-25,35,38H,14,16H2,1-3H3,(H,36,41)(H,37,39)/t24-,25-/m1/s1. The molecule has 3 aromatic carbocycles. The van der Waals surface area contributed by atoms with Gasteiger partial charge in [0.15, 0.2) is 11.8 Å². The average molecular weight is 738 g/mol. The molecule has 1 aromatic heterocycles. The van der Waals surface area contributed by atoms with Crippen molar-refractivity contribution in [1.29, 1.82) is 0 Å². The summed E-state index contributed by atoms with van der Waals surface area (Å²) in [5.74, 6) is -1.84. The van der Waals surface area contributed by atoms with Gasteiger partial charge in [0.1, 0.15) is 18.2 Å². The van der Waals surface area contributed by atoms with Crippen molar-refractivity contribution >= 4 is 74.7 Å². The fourth-order valence-corrected chi connectivity index (χ4v) is 5.47. The molecule has 4 N–H and O–H groups in total. The minimum absolute atomic E-state index is 0.00265. The molecule has 2 amide bonds. The van der Waals surface area contributed by atoms with Crippen LogP contribution in [0, 0.1) is 3.57 Å². The van der Waals surface area contributed by atoms with Crippen molar-refractivity contribution in [1.82, 2.24) is 15.6 Å². The highest BCUT2D eigenvalue weighted by molar-refractivity contribution is 14.1. The van der Waals surface area contributed by atoms with Gasteiger partial charge in [0.25, 0.3) is 0 Å². The lowest BCUT2D eigenvalue weighted by atomic mass is 10.0. The molecular weight excluding hydrogens is 708 g/mol. The van der Waals surface area contributed by atoms with Gasteiger partial charge in [0.05, 0.1) is 15.6 Å². The quantitative estimate of drug-likeness (QED) is 0.110. The lowest BCUT2D eigenvalue weighted by molar-refractivity contribution is -0.159. The SMILES string of the molecule is CC(C)(C)OC(=O)[C@H](NC(=O)[C@@H](Cc1c[nH]c2c(I)cccc12)NC(=O)OCc1ccccc1)c1cc(Cl)c(O)c(Cl)c1. The van der Waals surface area contributed by atoms with Crippen LogP contribution in [0.3, 0.4) is 0 Å². The van der Waals surface area contributed by atoms with Gasteiger partial charge in [-0.15, -0.1) is 0 Å². The number of carbonyl (C=O) groups is 3. The lowest BCUT2D eigenvalue weighted by Crippen LogP contribution is -2.50. The first-order chi connectivity index (χ1) is 20.3. The van der Waals surface area contributed by atoms with Gasteiger partial charge in [-0.25, -0.2) is 9.59 Å². The Labute approximate surface area is 272 Å². The van der Waals surface area contributed by atoms with Crippen LogP contribution in [0.5, 0.6) is 5.75 Å². The molecule has 4 aromatic rings. The molecule has 0 fully saturated rings. The monoisotopic (exact) mass is 737 g/mol. The van der Waals surface area contributed by atoms with E-state index in [9.17, 15) is 19.5 Å². The van der Waals surface area contributed by atoms with Crippen LogP contribution in [0.4, 0.5) is 4.79 Å². The molecule has 226 valence electrons. The normalized spacial score (nSPS) is 12.8. The summed E-state index contributed by atoms with van der Waals surface area (Å²) in [7, 11) is 0. The maximum absolute atomic E-state index is 13.9. The van der Waals surface area contributed by atoms with E-state index in [1.165, 1.54) is 12.1 Å². The summed E-state index contributed by atoms with van der Waals surface area (Å²) >= 11 is 14.5. The smallest absolute Gasteiger partial charge is 0.408 e. The number of esters is 1. The van der Waals surface area contributed by atoms with E-state index in [1.54, 1.807) is 27.0 Å². The Morgan fingerprint density at radius 2 is 1.67 bits per heavy atom. The molecular formula is C31H30Cl2IN3O6. The van der Waals surface area contributed by atoms with Crippen LogP contribution >= 0.6 is 45.8 Å². The molecule has 0 aliphatic carbocycles. The van der Waals surface area contributed by atoms with E-state index in [0.717, 1.165) is 25.6 Å². The number of rotatable bonds is 9. The first kappa shape index (κ1) is 32.4. The fraction of sp³-hybridized carbons (Fsp3) is 0.258. The van der Waals surface area contributed by atoms with Crippen LogP contribution in [0.15, 0.2) is 66.9 Å². The van der Waals surface area contributed by atoms with Crippen molar-refractivity contribution < 1.29 is 29.0 Å². The van der Waals surface area contributed by atoms with E-state index in [1.807, 2.05) is 48.5 Å². The zero-order chi connectivity index (χ0) is 31.3. The van der Waals surface area contributed by atoms with Crippen LogP contribution in [0.2, 0.25) is 10.0 Å². The Bertz CT molecular complexity index is 1610. The molecule has 2 atom stereocenters. The molecule has 9 nitrogen and oxygen atoms in total. The molecule has 0 saturated carbocycles. The van der Waals surface area contributed by atoms with Gasteiger partial charge in [0.2, 0.25) is 5.91 Å². The first-order valence-electron chi connectivity index (χ1n) is 13.2. The zero-order valence-corrected chi connectivity index (χ0v) is 27.2. The van der Waals surface area contributed by atoms with E-state index in [4.69, 9.17) is 32.7 Å².